The fraction of sp³-hybridized carbons (Fsp3) is 0.800. The standard InChI is InChI=1S/C15H30O2Si/c1-5-9-10-12-15(13-11-14-16)17-18(6-2,7-3)8-4/h11,13-15H,5-10,12H2,1-4H3/b13-11+/t15-/m1/s1. The zero-order valence-corrected chi connectivity index (χ0v) is 13.6. The largest absolute Gasteiger partial charge is 0.411 e. The highest BCUT2D eigenvalue weighted by molar-refractivity contribution is 6.73. The van der Waals surface area contributed by atoms with Gasteiger partial charge in [0.1, 0.15) is 6.29 Å². The lowest BCUT2D eigenvalue weighted by Gasteiger charge is -2.32. The molecule has 0 saturated carbocycles. The van der Waals surface area contributed by atoms with Crippen molar-refractivity contribution >= 4 is 14.6 Å². The number of hydrogen-bond donors (Lipinski definition) is 0. The Bertz CT molecular complexity index is 226. The van der Waals surface area contributed by atoms with Crippen LogP contribution in [0.5, 0.6) is 0 Å². The fourth-order valence-corrected chi connectivity index (χ4v) is 5.12. The number of allylic oxidation sites excluding steroid dienone is 1. The molecule has 0 saturated heterocycles. The van der Waals surface area contributed by atoms with Crippen LogP contribution in [-0.2, 0) is 9.22 Å². The Balaban J connectivity index is 4.53. The first kappa shape index (κ1) is 17.6. The van der Waals surface area contributed by atoms with E-state index >= 15 is 0 Å². The number of aldehydes is 1. The van der Waals surface area contributed by atoms with Gasteiger partial charge in [0.2, 0.25) is 0 Å². The molecule has 0 aliphatic heterocycles. The van der Waals surface area contributed by atoms with Crippen LogP contribution in [0.2, 0.25) is 18.1 Å². The Labute approximate surface area is 114 Å². The van der Waals surface area contributed by atoms with Gasteiger partial charge in [-0.3, -0.25) is 4.79 Å². The molecule has 0 aliphatic rings. The number of unbranched alkanes of at least 4 members (excludes halogenated alkanes) is 2. The Morgan fingerprint density at radius 2 is 1.67 bits per heavy atom. The topological polar surface area (TPSA) is 26.3 Å². The molecule has 0 aromatic carbocycles. The normalized spacial score (nSPS) is 14.0. The van der Waals surface area contributed by atoms with Gasteiger partial charge < -0.3 is 4.43 Å². The van der Waals surface area contributed by atoms with Crippen molar-refractivity contribution in [1.29, 1.82) is 0 Å². The number of carbonyl (C=O) groups excluding carboxylic acids is 1. The SMILES string of the molecule is CCCCC[C@H](/C=C/C=O)O[Si](CC)(CC)CC. The number of rotatable bonds is 11. The maximum atomic E-state index is 10.5. The molecule has 106 valence electrons. The van der Waals surface area contributed by atoms with Gasteiger partial charge in [0.25, 0.3) is 0 Å². The zero-order chi connectivity index (χ0) is 13.9. The van der Waals surface area contributed by atoms with Crippen molar-refractivity contribution in [3.63, 3.8) is 0 Å². The van der Waals surface area contributed by atoms with Crippen molar-refractivity contribution in [1.82, 2.24) is 0 Å². The van der Waals surface area contributed by atoms with E-state index in [0.29, 0.717) is 0 Å². The average Bonchev–Trinajstić information content (AvgIpc) is 2.42. The second kappa shape index (κ2) is 10.5. The van der Waals surface area contributed by atoms with Crippen LogP contribution in [0.3, 0.4) is 0 Å². The molecule has 0 rings (SSSR count). The van der Waals surface area contributed by atoms with E-state index in [-0.39, 0.29) is 6.10 Å². The molecule has 0 spiro atoms. The Morgan fingerprint density at radius 3 is 2.11 bits per heavy atom. The average molecular weight is 270 g/mol. The summed E-state index contributed by atoms with van der Waals surface area (Å²) in [5, 5.41) is 0. The molecule has 0 unspecified atom stereocenters. The first-order chi connectivity index (χ1) is 8.67. The third-order valence-corrected chi connectivity index (χ3v) is 8.50. The van der Waals surface area contributed by atoms with E-state index in [1.807, 2.05) is 6.08 Å². The molecule has 0 aromatic heterocycles. The molecule has 0 heterocycles. The lowest BCUT2D eigenvalue weighted by molar-refractivity contribution is -0.104. The van der Waals surface area contributed by atoms with E-state index in [1.165, 1.54) is 37.4 Å². The van der Waals surface area contributed by atoms with Crippen molar-refractivity contribution in [3.8, 4) is 0 Å². The first-order valence-electron chi connectivity index (χ1n) is 7.47. The molecule has 0 amide bonds. The van der Waals surface area contributed by atoms with Gasteiger partial charge in [-0.1, -0.05) is 53.0 Å². The first-order valence-corrected chi connectivity index (χ1v) is 10.0. The maximum Gasteiger partial charge on any atom is 0.192 e. The molecule has 1 atom stereocenters. The molecule has 0 aromatic rings. The Kier molecular flexibility index (Phi) is 10.3. The molecule has 0 radical (unpaired) electrons. The van der Waals surface area contributed by atoms with Crippen LogP contribution in [0.15, 0.2) is 12.2 Å². The smallest absolute Gasteiger partial charge is 0.192 e. The summed E-state index contributed by atoms with van der Waals surface area (Å²) in [6.07, 6.45) is 9.24. The highest BCUT2D eigenvalue weighted by Gasteiger charge is 2.30. The van der Waals surface area contributed by atoms with Gasteiger partial charge in [-0.05, 0) is 30.6 Å². The molecule has 18 heavy (non-hydrogen) atoms. The van der Waals surface area contributed by atoms with E-state index in [9.17, 15) is 4.79 Å². The lowest BCUT2D eigenvalue weighted by Crippen LogP contribution is -2.39. The van der Waals surface area contributed by atoms with E-state index < -0.39 is 8.32 Å². The Hall–Kier alpha value is -0.413. The zero-order valence-electron chi connectivity index (χ0n) is 12.6. The molecular formula is C15H30O2Si. The van der Waals surface area contributed by atoms with Gasteiger partial charge >= 0.3 is 0 Å². The summed E-state index contributed by atoms with van der Waals surface area (Å²) in [7, 11) is -1.56. The molecular weight excluding hydrogens is 240 g/mol. The molecule has 2 nitrogen and oxygen atoms in total. The summed E-state index contributed by atoms with van der Waals surface area (Å²) < 4.78 is 6.43. The van der Waals surface area contributed by atoms with Crippen molar-refractivity contribution in [3.05, 3.63) is 12.2 Å². The predicted molar refractivity (Wildman–Crippen MR) is 81.4 cm³/mol. The molecule has 0 N–H and O–H groups in total. The van der Waals surface area contributed by atoms with Gasteiger partial charge in [-0.2, -0.15) is 0 Å². The quantitative estimate of drug-likeness (QED) is 0.235. The minimum absolute atomic E-state index is 0.147. The van der Waals surface area contributed by atoms with Crippen molar-refractivity contribution in [2.24, 2.45) is 0 Å². The fourth-order valence-electron chi connectivity index (χ4n) is 2.28. The number of carbonyl (C=O) groups is 1. The second-order valence-corrected chi connectivity index (χ2v) is 9.64. The van der Waals surface area contributed by atoms with Crippen LogP contribution in [0.4, 0.5) is 0 Å². The summed E-state index contributed by atoms with van der Waals surface area (Å²) in [4.78, 5) is 10.5. The molecule has 0 aliphatic carbocycles. The summed E-state index contributed by atoms with van der Waals surface area (Å²) >= 11 is 0. The van der Waals surface area contributed by atoms with Crippen LogP contribution in [0, 0.1) is 0 Å². The highest BCUT2D eigenvalue weighted by Crippen LogP contribution is 2.25. The molecule has 0 fully saturated rings. The van der Waals surface area contributed by atoms with Gasteiger partial charge in [0, 0.05) is 0 Å². The predicted octanol–water partition coefficient (Wildman–Crippen LogP) is 4.71. The van der Waals surface area contributed by atoms with Crippen LogP contribution in [0.1, 0.15) is 53.4 Å². The monoisotopic (exact) mass is 270 g/mol. The van der Waals surface area contributed by atoms with Crippen LogP contribution >= 0.6 is 0 Å². The number of hydrogen-bond acceptors (Lipinski definition) is 2. The second-order valence-electron chi connectivity index (χ2n) is 4.92. The van der Waals surface area contributed by atoms with Crippen molar-refractivity contribution in [2.75, 3.05) is 0 Å². The summed E-state index contributed by atoms with van der Waals surface area (Å²) in [6.45, 7) is 8.93. The van der Waals surface area contributed by atoms with Gasteiger partial charge in [-0.25, -0.2) is 0 Å². The highest BCUT2D eigenvalue weighted by atomic mass is 28.4. The van der Waals surface area contributed by atoms with E-state index in [2.05, 4.69) is 27.7 Å². The molecule has 0 bridgehead atoms. The minimum atomic E-state index is -1.56. The lowest BCUT2D eigenvalue weighted by atomic mass is 10.1. The van der Waals surface area contributed by atoms with Crippen LogP contribution in [0.25, 0.3) is 0 Å². The summed E-state index contributed by atoms with van der Waals surface area (Å²) in [5.41, 5.74) is 0. The summed E-state index contributed by atoms with van der Waals surface area (Å²) in [5.74, 6) is 0. The van der Waals surface area contributed by atoms with Crippen LogP contribution in [-0.4, -0.2) is 20.7 Å². The van der Waals surface area contributed by atoms with E-state index in [4.69, 9.17) is 4.43 Å². The van der Waals surface area contributed by atoms with Gasteiger partial charge in [0.05, 0.1) is 6.10 Å². The van der Waals surface area contributed by atoms with Gasteiger partial charge in [-0.15, -0.1) is 0 Å². The van der Waals surface area contributed by atoms with E-state index in [1.54, 1.807) is 6.08 Å². The minimum Gasteiger partial charge on any atom is -0.411 e. The Morgan fingerprint density at radius 1 is 1.06 bits per heavy atom. The molecule has 3 heteroatoms. The third-order valence-electron chi connectivity index (χ3n) is 3.83. The van der Waals surface area contributed by atoms with Crippen LogP contribution < -0.4 is 0 Å². The van der Waals surface area contributed by atoms with Crippen molar-refractivity contribution in [2.45, 2.75) is 77.6 Å². The van der Waals surface area contributed by atoms with E-state index in [0.717, 1.165) is 12.7 Å². The van der Waals surface area contributed by atoms with Gasteiger partial charge in [0.15, 0.2) is 8.32 Å². The maximum absolute atomic E-state index is 10.5. The summed E-state index contributed by atoms with van der Waals surface area (Å²) in [6, 6.07) is 3.50. The third kappa shape index (κ3) is 6.50. The van der Waals surface area contributed by atoms with Crippen molar-refractivity contribution < 1.29 is 9.22 Å².